The SMILES string of the molecule is Cc1c(C)c(Br)c(C)c(-c2c3c(F)c(F)c(F)c(F)c3nc3c(F)c(F)c(F)c(F)c23)c1C. The van der Waals surface area contributed by atoms with E-state index in [1.165, 1.54) is 13.8 Å². The second-order valence-corrected chi connectivity index (χ2v) is 8.43. The normalized spacial score (nSPS) is 11.8. The van der Waals surface area contributed by atoms with Crippen LogP contribution in [0.25, 0.3) is 32.9 Å². The Morgan fingerprint density at radius 1 is 0.455 bits per heavy atom. The first-order valence-corrected chi connectivity index (χ1v) is 10.2. The smallest absolute Gasteiger partial charge is 0.199 e. The molecule has 1 heterocycles. The average Bonchev–Trinajstić information content (AvgIpc) is 2.80. The van der Waals surface area contributed by atoms with E-state index in [4.69, 9.17) is 0 Å². The van der Waals surface area contributed by atoms with Gasteiger partial charge in [-0.1, -0.05) is 15.9 Å². The van der Waals surface area contributed by atoms with Crippen LogP contribution >= 0.6 is 15.9 Å². The van der Waals surface area contributed by atoms with Crippen molar-refractivity contribution in [3.05, 3.63) is 73.3 Å². The van der Waals surface area contributed by atoms with Crippen LogP contribution in [0.2, 0.25) is 0 Å². The number of hydrogen-bond donors (Lipinski definition) is 0. The van der Waals surface area contributed by atoms with Gasteiger partial charge in [0, 0.05) is 10.0 Å². The third-order valence-electron chi connectivity index (χ3n) is 5.99. The van der Waals surface area contributed by atoms with Crippen LogP contribution in [0.4, 0.5) is 35.1 Å². The predicted octanol–water partition coefficient (Wildman–Crippen LogP) is 8.16. The average molecular weight is 534 g/mol. The zero-order valence-corrected chi connectivity index (χ0v) is 18.9. The van der Waals surface area contributed by atoms with Crippen molar-refractivity contribution in [1.82, 2.24) is 4.98 Å². The molecule has 0 atom stereocenters. The zero-order chi connectivity index (χ0) is 24.7. The standard InChI is InChI=1S/C23H12BrF8N/c1-5-6(2)9(8(4)13(24)7(5)3)10-11-14(25)16(27)18(29)20(31)22(11)33-23-12(10)15(26)17(28)19(30)21(23)32/h1-4H3. The Hall–Kier alpha value is -2.75. The van der Waals surface area contributed by atoms with Crippen molar-refractivity contribution in [1.29, 1.82) is 0 Å². The molecule has 0 saturated heterocycles. The van der Waals surface area contributed by atoms with Crippen LogP contribution in [0.15, 0.2) is 4.47 Å². The van der Waals surface area contributed by atoms with Crippen molar-refractivity contribution in [3.8, 4) is 11.1 Å². The Labute approximate surface area is 190 Å². The van der Waals surface area contributed by atoms with Crippen LogP contribution in [0.1, 0.15) is 22.3 Å². The van der Waals surface area contributed by atoms with Crippen LogP contribution in [-0.4, -0.2) is 4.98 Å². The first-order valence-electron chi connectivity index (χ1n) is 9.40. The van der Waals surface area contributed by atoms with Crippen LogP contribution in [-0.2, 0) is 0 Å². The summed E-state index contributed by atoms with van der Waals surface area (Å²) >= 11 is 3.34. The molecule has 1 aromatic heterocycles. The van der Waals surface area contributed by atoms with Crippen LogP contribution in [0, 0.1) is 74.2 Å². The molecule has 0 fully saturated rings. The van der Waals surface area contributed by atoms with E-state index in [0.717, 1.165) is 5.56 Å². The van der Waals surface area contributed by atoms with Crippen molar-refractivity contribution in [2.24, 2.45) is 0 Å². The minimum absolute atomic E-state index is 0.0315. The van der Waals surface area contributed by atoms with Gasteiger partial charge >= 0.3 is 0 Å². The van der Waals surface area contributed by atoms with Gasteiger partial charge in [0.05, 0.1) is 10.8 Å². The van der Waals surface area contributed by atoms with Gasteiger partial charge in [0.2, 0.25) is 0 Å². The van der Waals surface area contributed by atoms with Gasteiger partial charge in [-0.2, -0.15) is 0 Å². The van der Waals surface area contributed by atoms with Crippen molar-refractivity contribution in [2.45, 2.75) is 27.7 Å². The molecule has 4 rings (SSSR count). The molecule has 3 aromatic carbocycles. The van der Waals surface area contributed by atoms with E-state index < -0.39 is 73.9 Å². The monoisotopic (exact) mass is 533 g/mol. The van der Waals surface area contributed by atoms with E-state index in [0.29, 0.717) is 21.2 Å². The fourth-order valence-electron chi connectivity index (χ4n) is 4.07. The molecule has 0 unspecified atom stereocenters. The quantitative estimate of drug-likeness (QED) is 0.104. The number of aromatic nitrogens is 1. The van der Waals surface area contributed by atoms with Crippen LogP contribution < -0.4 is 0 Å². The first-order chi connectivity index (χ1) is 15.3. The molecule has 0 aliphatic carbocycles. The first kappa shape index (κ1) is 23.4. The summed E-state index contributed by atoms with van der Waals surface area (Å²) in [7, 11) is 0. The maximum atomic E-state index is 15.1. The van der Waals surface area contributed by atoms with Gasteiger partial charge in [-0.05, 0) is 55.5 Å². The zero-order valence-electron chi connectivity index (χ0n) is 17.3. The summed E-state index contributed by atoms with van der Waals surface area (Å²) in [6.07, 6.45) is 0. The Morgan fingerprint density at radius 3 is 1.27 bits per heavy atom. The molecular formula is C23H12BrF8N. The Morgan fingerprint density at radius 2 is 0.848 bits per heavy atom. The number of hydrogen-bond acceptors (Lipinski definition) is 1. The topological polar surface area (TPSA) is 12.9 Å². The molecule has 4 aromatic rings. The maximum Gasteiger partial charge on any atom is 0.199 e. The Kier molecular flexibility index (Phi) is 5.42. The third kappa shape index (κ3) is 2.99. The number of nitrogens with zero attached hydrogens (tertiary/aromatic N) is 1. The molecule has 33 heavy (non-hydrogen) atoms. The van der Waals surface area contributed by atoms with Crippen LogP contribution in [0.3, 0.4) is 0 Å². The van der Waals surface area contributed by atoms with Gasteiger partial charge < -0.3 is 0 Å². The van der Waals surface area contributed by atoms with E-state index in [9.17, 15) is 26.3 Å². The van der Waals surface area contributed by atoms with E-state index in [1.807, 2.05) is 0 Å². The highest BCUT2D eigenvalue weighted by atomic mass is 79.9. The van der Waals surface area contributed by atoms with Gasteiger partial charge in [-0.15, -0.1) is 0 Å². The van der Waals surface area contributed by atoms with Gasteiger partial charge in [0.15, 0.2) is 46.5 Å². The van der Waals surface area contributed by atoms with E-state index in [2.05, 4.69) is 20.9 Å². The molecule has 0 aliphatic heterocycles. The molecule has 0 saturated carbocycles. The second kappa shape index (κ2) is 7.65. The maximum absolute atomic E-state index is 15.1. The number of fused-ring (bicyclic) bond motifs is 2. The second-order valence-electron chi connectivity index (χ2n) is 7.63. The van der Waals surface area contributed by atoms with Crippen molar-refractivity contribution in [2.75, 3.05) is 0 Å². The van der Waals surface area contributed by atoms with E-state index in [-0.39, 0.29) is 5.56 Å². The summed E-state index contributed by atoms with van der Waals surface area (Å²) in [5, 5.41) is -2.07. The number of pyridine rings is 1. The van der Waals surface area contributed by atoms with Crippen molar-refractivity contribution < 1.29 is 35.1 Å². The molecule has 0 bridgehead atoms. The third-order valence-corrected chi connectivity index (χ3v) is 7.18. The van der Waals surface area contributed by atoms with Gasteiger partial charge in [-0.3, -0.25) is 0 Å². The van der Waals surface area contributed by atoms with Gasteiger partial charge in [-0.25, -0.2) is 40.1 Å². The highest BCUT2D eigenvalue weighted by Crippen LogP contribution is 2.46. The summed E-state index contributed by atoms with van der Waals surface area (Å²) in [5.41, 5.74) is -1.14. The Balaban J connectivity index is 2.50. The summed E-state index contributed by atoms with van der Waals surface area (Å²) < 4.78 is 116. The number of halogens is 9. The number of rotatable bonds is 1. The van der Waals surface area contributed by atoms with Crippen LogP contribution in [0.5, 0.6) is 0 Å². The predicted molar refractivity (Wildman–Crippen MR) is 111 cm³/mol. The molecule has 0 radical (unpaired) electrons. The molecule has 0 aliphatic rings. The Bertz CT molecular complexity index is 1440. The lowest BCUT2D eigenvalue weighted by atomic mass is 9.86. The lowest BCUT2D eigenvalue weighted by molar-refractivity contribution is 0.414. The lowest BCUT2D eigenvalue weighted by Crippen LogP contribution is -2.08. The largest absolute Gasteiger partial charge is 0.241 e. The molecular weight excluding hydrogens is 522 g/mol. The van der Waals surface area contributed by atoms with E-state index >= 15 is 8.78 Å². The van der Waals surface area contributed by atoms with Gasteiger partial charge in [0.1, 0.15) is 11.0 Å². The minimum Gasteiger partial charge on any atom is -0.241 e. The molecule has 0 amide bonds. The molecule has 10 heteroatoms. The highest BCUT2D eigenvalue weighted by Gasteiger charge is 2.32. The lowest BCUT2D eigenvalue weighted by Gasteiger charge is -2.21. The highest BCUT2D eigenvalue weighted by molar-refractivity contribution is 9.10. The molecule has 172 valence electrons. The fourth-order valence-corrected chi connectivity index (χ4v) is 4.57. The summed E-state index contributed by atoms with van der Waals surface area (Å²) in [6.45, 7) is 6.41. The van der Waals surface area contributed by atoms with E-state index in [1.54, 1.807) is 13.8 Å². The molecule has 0 spiro atoms. The van der Waals surface area contributed by atoms with Crippen molar-refractivity contribution >= 4 is 37.7 Å². The fraction of sp³-hybridized carbons (Fsp3) is 0.174. The van der Waals surface area contributed by atoms with Crippen molar-refractivity contribution in [3.63, 3.8) is 0 Å². The summed E-state index contributed by atoms with van der Waals surface area (Å²) in [6, 6.07) is 0. The summed E-state index contributed by atoms with van der Waals surface area (Å²) in [4.78, 5) is 3.36. The minimum atomic E-state index is -2.24. The molecule has 0 N–H and O–H groups in total. The summed E-state index contributed by atoms with van der Waals surface area (Å²) in [5.74, 6) is -16.8. The van der Waals surface area contributed by atoms with Gasteiger partial charge in [0.25, 0.3) is 0 Å². The molecule has 1 nitrogen and oxygen atoms in total. The number of benzene rings is 3.